The van der Waals surface area contributed by atoms with Crippen molar-refractivity contribution in [1.82, 2.24) is 0 Å². The van der Waals surface area contributed by atoms with Crippen LogP contribution in [0.15, 0.2) is 21.5 Å². The SMILES string of the molecule is Cc1cc(C)c(S(N)(=O)=O)cc1Br. The first kappa shape index (κ1) is 10.7. The molecule has 3 nitrogen and oxygen atoms in total. The minimum atomic E-state index is -3.60. The van der Waals surface area contributed by atoms with E-state index >= 15 is 0 Å². The van der Waals surface area contributed by atoms with E-state index in [-0.39, 0.29) is 4.90 Å². The Hall–Kier alpha value is -0.390. The predicted molar refractivity (Wildman–Crippen MR) is 55.0 cm³/mol. The summed E-state index contributed by atoms with van der Waals surface area (Å²) in [5.41, 5.74) is 1.66. The Morgan fingerprint density at radius 2 is 1.77 bits per heavy atom. The van der Waals surface area contributed by atoms with E-state index in [1.54, 1.807) is 13.0 Å². The molecule has 1 aromatic rings. The number of rotatable bonds is 1. The highest BCUT2D eigenvalue weighted by Crippen LogP contribution is 2.23. The van der Waals surface area contributed by atoms with Crippen LogP contribution in [0.4, 0.5) is 0 Å². The molecule has 0 unspecified atom stereocenters. The second-order valence-electron chi connectivity index (χ2n) is 2.91. The summed E-state index contributed by atoms with van der Waals surface area (Å²) in [6, 6.07) is 3.31. The number of sulfonamides is 1. The topological polar surface area (TPSA) is 60.2 Å². The van der Waals surface area contributed by atoms with Gasteiger partial charge in [-0.1, -0.05) is 22.0 Å². The van der Waals surface area contributed by atoms with Gasteiger partial charge in [-0.15, -0.1) is 0 Å². The van der Waals surface area contributed by atoms with Crippen molar-refractivity contribution in [3.05, 3.63) is 27.7 Å². The Kier molecular flexibility index (Phi) is 2.79. The molecule has 2 N–H and O–H groups in total. The molecule has 1 aromatic carbocycles. The number of benzene rings is 1. The number of halogens is 1. The molecule has 0 aromatic heterocycles. The molecular weight excluding hydrogens is 254 g/mol. The van der Waals surface area contributed by atoms with Gasteiger partial charge in [0.05, 0.1) is 4.90 Å². The van der Waals surface area contributed by atoms with Gasteiger partial charge in [0.2, 0.25) is 10.0 Å². The van der Waals surface area contributed by atoms with Crippen molar-refractivity contribution < 1.29 is 8.42 Å². The smallest absolute Gasteiger partial charge is 0.225 e. The lowest BCUT2D eigenvalue weighted by atomic mass is 10.2. The zero-order valence-electron chi connectivity index (χ0n) is 7.33. The molecule has 0 aliphatic carbocycles. The lowest BCUT2D eigenvalue weighted by Crippen LogP contribution is -2.13. The number of primary sulfonamides is 1. The molecular formula is C8H10BrNO2S. The van der Waals surface area contributed by atoms with Gasteiger partial charge in [0.15, 0.2) is 0 Å². The van der Waals surface area contributed by atoms with Crippen LogP contribution in [0.3, 0.4) is 0 Å². The van der Waals surface area contributed by atoms with Crippen LogP contribution < -0.4 is 5.14 Å². The fourth-order valence-corrected chi connectivity index (χ4v) is 2.40. The van der Waals surface area contributed by atoms with E-state index in [1.165, 1.54) is 6.07 Å². The first-order valence-electron chi connectivity index (χ1n) is 3.62. The number of aryl methyl sites for hydroxylation is 2. The molecule has 0 radical (unpaired) electrons. The van der Waals surface area contributed by atoms with Crippen LogP contribution in [-0.4, -0.2) is 8.42 Å². The Labute approximate surface area is 86.1 Å². The third-order valence-electron chi connectivity index (χ3n) is 1.76. The van der Waals surface area contributed by atoms with E-state index in [1.807, 2.05) is 6.92 Å². The minimum absolute atomic E-state index is 0.171. The summed E-state index contributed by atoms with van der Waals surface area (Å²) >= 11 is 3.25. The maximum atomic E-state index is 11.1. The van der Waals surface area contributed by atoms with Gasteiger partial charge in [-0.05, 0) is 31.0 Å². The van der Waals surface area contributed by atoms with Crippen molar-refractivity contribution >= 4 is 26.0 Å². The lowest BCUT2D eigenvalue weighted by molar-refractivity contribution is 0.597. The van der Waals surface area contributed by atoms with Crippen LogP contribution in [-0.2, 0) is 10.0 Å². The Balaban J connectivity index is 3.50. The van der Waals surface area contributed by atoms with Crippen LogP contribution in [0.5, 0.6) is 0 Å². The van der Waals surface area contributed by atoms with Gasteiger partial charge in [0.1, 0.15) is 0 Å². The van der Waals surface area contributed by atoms with Gasteiger partial charge in [-0.25, -0.2) is 13.6 Å². The molecule has 0 fully saturated rings. The fraction of sp³-hybridized carbons (Fsp3) is 0.250. The van der Waals surface area contributed by atoms with Gasteiger partial charge >= 0.3 is 0 Å². The second kappa shape index (κ2) is 3.40. The summed E-state index contributed by atoms with van der Waals surface area (Å²) in [5.74, 6) is 0. The van der Waals surface area contributed by atoms with Crippen molar-refractivity contribution in [2.24, 2.45) is 5.14 Å². The van der Waals surface area contributed by atoms with Crippen LogP contribution in [0.25, 0.3) is 0 Å². The predicted octanol–water partition coefficient (Wildman–Crippen LogP) is 1.71. The lowest BCUT2D eigenvalue weighted by Gasteiger charge is -2.06. The van der Waals surface area contributed by atoms with Crippen LogP contribution >= 0.6 is 15.9 Å². The molecule has 0 spiro atoms. The van der Waals surface area contributed by atoms with Crippen molar-refractivity contribution in [3.8, 4) is 0 Å². The van der Waals surface area contributed by atoms with E-state index < -0.39 is 10.0 Å². The van der Waals surface area contributed by atoms with Crippen molar-refractivity contribution in [1.29, 1.82) is 0 Å². The van der Waals surface area contributed by atoms with Gasteiger partial charge in [-0.3, -0.25) is 0 Å². The van der Waals surface area contributed by atoms with Crippen molar-refractivity contribution in [3.63, 3.8) is 0 Å². The highest BCUT2D eigenvalue weighted by atomic mass is 79.9. The van der Waals surface area contributed by atoms with E-state index in [0.717, 1.165) is 10.0 Å². The summed E-state index contributed by atoms with van der Waals surface area (Å²) in [5, 5.41) is 5.03. The van der Waals surface area contributed by atoms with Gasteiger partial charge < -0.3 is 0 Å². The summed E-state index contributed by atoms with van der Waals surface area (Å²) in [6.45, 7) is 3.61. The van der Waals surface area contributed by atoms with E-state index in [0.29, 0.717) is 5.56 Å². The van der Waals surface area contributed by atoms with Crippen LogP contribution in [0.1, 0.15) is 11.1 Å². The molecule has 0 saturated carbocycles. The molecule has 0 aliphatic rings. The molecule has 5 heteroatoms. The largest absolute Gasteiger partial charge is 0.238 e. The van der Waals surface area contributed by atoms with E-state index in [9.17, 15) is 8.42 Å². The molecule has 0 heterocycles. The summed E-state index contributed by atoms with van der Waals surface area (Å²) in [4.78, 5) is 0.171. The monoisotopic (exact) mass is 263 g/mol. The maximum absolute atomic E-state index is 11.1. The maximum Gasteiger partial charge on any atom is 0.238 e. The molecule has 1 rings (SSSR count). The highest BCUT2D eigenvalue weighted by molar-refractivity contribution is 9.10. The van der Waals surface area contributed by atoms with Gasteiger partial charge in [0, 0.05) is 4.47 Å². The average molecular weight is 264 g/mol. The molecule has 0 amide bonds. The van der Waals surface area contributed by atoms with Crippen molar-refractivity contribution in [2.45, 2.75) is 18.7 Å². The molecule has 0 bridgehead atoms. The van der Waals surface area contributed by atoms with E-state index in [2.05, 4.69) is 15.9 Å². The Bertz CT molecular complexity index is 440. The van der Waals surface area contributed by atoms with Gasteiger partial charge in [-0.2, -0.15) is 0 Å². The third-order valence-corrected chi connectivity index (χ3v) is 3.67. The number of hydrogen-bond donors (Lipinski definition) is 1. The standard InChI is InChI=1S/C8H10BrNO2S/c1-5-3-6(2)8(4-7(5)9)13(10,11)12/h3-4H,1-2H3,(H2,10,11,12). The summed E-state index contributed by atoms with van der Waals surface area (Å²) < 4.78 is 22.9. The quantitative estimate of drug-likeness (QED) is 0.839. The third kappa shape index (κ3) is 2.30. The Morgan fingerprint density at radius 3 is 2.23 bits per heavy atom. The average Bonchev–Trinajstić information content (AvgIpc) is 1.94. The zero-order valence-corrected chi connectivity index (χ0v) is 9.74. The van der Waals surface area contributed by atoms with Crippen molar-refractivity contribution in [2.75, 3.05) is 0 Å². The zero-order chi connectivity index (χ0) is 10.2. The van der Waals surface area contributed by atoms with Crippen LogP contribution in [0.2, 0.25) is 0 Å². The molecule has 0 aliphatic heterocycles. The second-order valence-corrected chi connectivity index (χ2v) is 5.30. The minimum Gasteiger partial charge on any atom is -0.225 e. The van der Waals surface area contributed by atoms with Crippen LogP contribution in [0, 0.1) is 13.8 Å². The first-order chi connectivity index (χ1) is 5.82. The number of hydrogen-bond acceptors (Lipinski definition) is 2. The highest BCUT2D eigenvalue weighted by Gasteiger charge is 2.12. The van der Waals surface area contributed by atoms with Gasteiger partial charge in [0.25, 0.3) is 0 Å². The fourth-order valence-electron chi connectivity index (χ4n) is 1.11. The first-order valence-corrected chi connectivity index (χ1v) is 5.96. The molecule has 0 atom stereocenters. The number of nitrogens with two attached hydrogens (primary N) is 1. The summed E-state index contributed by atoms with van der Waals surface area (Å²) in [7, 11) is -3.60. The Morgan fingerprint density at radius 1 is 1.23 bits per heavy atom. The molecule has 72 valence electrons. The van der Waals surface area contributed by atoms with E-state index in [4.69, 9.17) is 5.14 Å². The molecule has 0 saturated heterocycles. The summed E-state index contributed by atoms with van der Waals surface area (Å²) in [6.07, 6.45) is 0. The normalized spacial score (nSPS) is 11.7. The molecule has 13 heavy (non-hydrogen) atoms.